The van der Waals surface area contributed by atoms with E-state index in [1.54, 1.807) is 0 Å². The van der Waals surface area contributed by atoms with E-state index >= 15 is 0 Å². The first-order chi connectivity index (χ1) is 10.3. The molecule has 0 spiro atoms. The van der Waals surface area contributed by atoms with Gasteiger partial charge in [-0.05, 0) is 27.1 Å². The minimum Gasteiger partial charge on any atom is -1.00 e. The molecule has 138 valence electrons. The molecule has 0 aromatic heterocycles. The van der Waals surface area contributed by atoms with Crippen molar-refractivity contribution in [1.82, 2.24) is 4.90 Å². The van der Waals surface area contributed by atoms with E-state index in [1.165, 1.54) is 109 Å². The Morgan fingerprint density at radius 1 is 0.522 bits per heavy atom. The van der Waals surface area contributed by atoms with Crippen molar-refractivity contribution in [1.29, 1.82) is 0 Å². The molecule has 0 aromatic carbocycles. The van der Waals surface area contributed by atoms with Gasteiger partial charge in [0.2, 0.25) is 0 Å². The molecule has 0 unspecified atom stereocenters. The van der Waals surface area contributed by atoms with Crippen molar-refractivity contribution in [3.8, 4) is 0 Å². The second-order valence-electron chi connectivity index (χ2n) is 7.11. The van der Waals surface area contributed by atoms with Crippen LogP contribution in [0.5, 0.6) is 0 Å². The van der Waals surface area contributed by atoms with Gasteiger partial charge in [-0.15, -0.1) is 12.4 Å². The zero-order valence-corrected chi connectivity index (χ0v) is 19.7. The van der Waals surface area contributed by atoms with Gasteiger partial charge in [-0.1, -0.05) is 103 Å². The Balaban J connectivity index is -0.000000667. The van der Waals surface area contributed by atoms with E-state index in [-0.39, 0.29) is 43.4 Å². The van der Waals surface area contributed by atoms with Gasteiger partial charge < -0.3 is 6.33 Å². The van der Waals surface area contributed by atoms with Gasteiger partial charge in [-0.3, -0.25) is 0 Å². The number of halogens is 1. The first-order valence-electron chi connectivity index (χ1n) is 9.92. The van der Waals surface area contributed by atoms with Gasteiger partial charge in [-0.2, -0.15) is 0 Å². The molecule has 0 N–H and O–H groups in total. The third-order valence-electron chi connectivity index (χ3n) is 4.46. The largest absolute Gasteiger partial charge is 1.00 e. The van der Waals surface area contributed by atoms with Crippen LogP contribution in [0.2, 0.25) is 0 Å². The van der Waals surface area contributed by atoms with E-state index in [2.05, 4.69) is 25.9 Å². The van der Waals surface area contributed by atoms with Crippen LogP contribution in [0.1, 0.15) is 111 Å². The first kappa shape index (κ1) is 29.0. The average molecular weight is 358 g/mol. The molecule has 0 atom stereocenters. The first-order valence-corrected chi connectivity index (χ1v) is 9.92. The van der Waals surface area contributed by atoms with Crippen molar-refractivity contribution in [2.24, 2.45) is 0 Å². The Morgan fingerprint density at radius 3 is 1.04 bits per heavy atom. The predicted octanol–water partition coefficient (Wildman–Crippen LogP) is 4.35. The van der Waals surface area contributed by atoms with Crippen LogP contribution in [-0.2, 0) is 0 Å². The SMILES string of the molecule is CCCCCCCCCCCCCCCCCCN(C)C.Cl.[H-].[Na+]. The summed E-state index contributed by atoms with van der Waals surface area (Å²) in [5, 5.41) is 0. The van der Waals surface area contributed by atoms with E-state index < -0.39 is 0 Å². The maximum atomic E-state index is 2.30. The summed E-state index contributed by atoms with van der Waals surface area (Å²) in [5.74, 6) is 0. The van der Waals surface area contributed by atoms with Crippen molar-refractivity contribution in [3.05, 3.63) is 0 Å². The van der Waals surface area contributed by atoms with Crippen LogP contribution in [0.4, 0.5) is 0 Å². The summed E-state index contributed by atoms with van der Waals surface area (Å²) < 4.78 is 0. The van der Waals surface area contributed by atoms with Crippen molar-refractivity contribution in [2.45, 2.75) is 110 Å². The van der Waals surface area contributed by atoms with Gasteiger partial charge in [0, 0.05) is 0 Å². The summed E-state index contributed by atoms with van der Waals surface area (Å²) in [6.45, 7) is 3.56. The van der Waals surface area contributed by atoms with E-state index in [4.69, 9.17) is 0 Å². The molecule has 23 heavy (non-hydrogen) atoms. The topological polar surface area (TPSA) is 3.24 Å². The predicted molar refractivity (Wildman–Crippen MR) is 106 cm³/mol. The summed E-state index contributed by atoms with van der Waals surface area (Å²) in [7, 11) is 4.34. The monoisotopic (exact) mass is 357 g/mol. The van der Waals surface area contributed by atoms with E-state index in [1.807, 2.05) is 0 Å². The van der Waals surface area contributed by atoms with Crippen LogP contribution in [0.15, 0.2) is 0 Å². The van der Waals surface area contributed by atoms with Crippen molar-refractivity contribution in [2.75, 3.05) is 20.6 Å². The minimum absolute atomic E-state index is 0. The second-order valence-corrected chi connectivity index (χ2v) is 7.11. The second kappa shape index (κ2) is 25.5. The molecular formula is C20H45ClNNa. The molecular weight excluding hydrogens is 313 g/mol. The third kappa shape index (κ3) is 28.3. The Bertz CT molecular complexity index is 194. The molecule has 0 rings (SSSR count). The van der Waals surface area contributed by atoms with Gasteiger partial charge in [0.05, 0.1) is 0 Å². The molecule has 0 radical (unpaired) electrons. The minimum atomic E-state index is 0. The maximum Gasteiger partial charge on any atom is 1.00 e. The third-order valence-corrected chi connectivity index (χ3v) is 4.46. The maximum absolute atomic E-state index is 2.30. The number of hydrogen-bond acceptors (Lipinski definition) is 1. The molecule has 0 fully saturated rings. The van der Waals surface area contributed by atoms with Gasteiger partial charge >= 0.3 is 29.6 Å². The zero-order chi connectivity index (χ0) is 15.6. The number of hydrogen-bond donors (Lipinski definition) is 0. The molecule has 1 nitrogen and oxygen atoms in total. The van der Waals surface area contributed by atoms with Crippen molar-refractivity contribution >= 4 is 12.4 Å². The Labute approximate surface area is 177 Å². The number of unbranched alkanes of at least 4 members (excludes halogenated alkanes) is 15. The van der Waals surface area contributed by atoms with Crippen LogP contribution >= 0.6 is 12.4 Å². The van der Waals surface area contributed by atoms with Gasteiger partial charge in [0.1, 0.15) is 0 Å². The van der Waals surface area contributed by atoms with Crippen LogP contribution in [0.3, 0.4) is 0 Å². The van der Waals surface area contributed by atoms with Crippen LogP contribution in [0, 0.1) is 0 Å². The molecule has 3 heteroatoms. The van der Waals surface area contributed by atoms with Crippen LogP contribution < -0.4 is 29.6 Å². The molecule has 0 aliphatic heterocycles. The van der Waals surface area contributed by atoms with E-state index in [0.717, 1.165) is 0 Å². The quantitative estimate of drug-likeness (QED) is 0.276. The van der Waals surface area contributed by atoms with Crippen molar-refractivity contribution in [3.63, 3.8) is 0 Å². The fraction of sp³-hybridized carbons (Fsp3) is 1.00. The summed E-state index contributed by atoms with van der Waals surface area (Å²) in [4.78, 5) is 2.30. The fourth-order valence-electron chi connectivity index (χ4n) is 2.98. The molecule has 0 bridgehead atoms. The Hall–Kier alpha value is 1.25. The molecule has 0 saturated carbocycles. The van der Waals surface area contributed by atoms with Crippen LogP contribution in [0.25, 0.3) is 0 Å². The standard InChI is InChI=1S/C20H43N.ClH.Na.H/c1-4-5-6-7-8-9-10-11-12-13-14-15-16-17-18-19-20-21(2)3;;;/h4-20H2,1-3H3;1H;;/q;;+1;-1. The Kier molecular flexibility index (Phi) is 32.2. The average Bonchev–Trinajstić information content (AvgIpc) is 2.46. The molecule has 0 aliphatic rings. The molecule has 0 heterocycles. The number of nitrogens with zero attached hydrogens (tertiary/aromatic N) is 1. The van der Waals surface area contributed by atoms with Crippen molar-refractivity contribution < 1.29 is 31.0 Å². The summed E-state index contributed by atoms with van der Waals surface area (Å²) in [6.07, 6.45) is 23.3. The smallest absolute Gasteiger partial charge is 1.00 e. The van der Waals surface area contributed by atoms with Gasteiger partial charge in [0.25, 0.3) is 0 Å². The molecule has 0 amide bonds. The summed E-state index contributed by atoms with van der Waals surface area (Å²) in [6, 6.07) is 0. The van der Waals surface area contributed by atoms with Crippen LogP contribution in [-0.4, -0.2) is 25.5 Å². The molecule has 0 aromatic rings. The van der Waals surface area contributed by atoms with E-state index in [9.17, 15) is 0 Å². The number of rotatable bonds is 17. The summed E-state index contributed by atoms with van der Waals surface area (Å²) >= 11 is 0. The molecule has 0 aliphatic carbocycles. The van der Waals surface area contributed by atoms with Gasteiger partial charge in [-0.25, -0.2) is 0 Å². The van der Waals surface area contributed by atoms with E-state index in [0.29, 0.717) is 0 Å². The zero-order valence-electron chi connectivity index (χ0n) is 17.9. The normalized spacial score (nSPS) is 10.4. The Morgan fingerprint density at radius 2 is 0.783 bits per heavy atom. The summed E-state index contributed by atoms with van der Waals surface area (Å²) in [5.41, 5.74) is 0. The van der Waals surface area contributed by atoms with Gasteiger partial charge in [0.15, 0.2) is 0 Å². The molecule has 0 saturated heterocycles. The fourth-order valence-corrected chi connectivity index (χ4v) is 2.98.